The Labute approximate surface area is 119 Å². The van der Waals surface area contributed by atoms with Gasteiger partial charge in [-0.25, -0.2) is 0 Å². The maximum absolute atomic E-state index is 5.50. The first-order valence-electron chi connectivity index (χ1n) is 7.30. The fourth-order valence-corrected chi connectivity index (χ4v) is 2.78. The van der Waals surface area contributed by atoms with Gasteiger partial charge in [-0.05, 0) is 36.0 Å². The van der Waals surface area contributed by atoms with Crippen molar-refractivity contribution in [2.75, 3.05) is 11.4 Å². The molecule has 0 unspecified atom stereocenters. The van der Waals surface area contributed by atoms with Gasteiger partial charge in [0.1, 0.15) is 0 Å². The third-order valence-electron chi connectivity index (χ3n) is 3.88. The van der Waals surface area contributed by atoms with E-state index in [0.717, 1.165) is 13.0 Å². The van der Waals surface area contributed by atoms with Crippen LogP contribution in [0, 0.1) is 6.92 Å². The van der Waals surface area contributed by atoms with Crippen LogP contribution < -0.4 is 4.90 Å². The van der Waals surface area contributed by atoms with Gasteiger partial charge in [0.25, 0.3) is 0 Å². The molecule has 1 aliphatic rings. The van der Waals surface area contributed by atoms with E-state index in [4.69, 9.17) is 4.42 Å². The second kappa shape index (κ2) is 5.27. The summed E-state index contributed by atoms with van der Waals surface area (Å²) in [5.74, 6) is 1.91. The van der Waals surface area contributed by atoms with Gasteiger partial charge in [-0.15, -0.1) is 10.2 Å². The third kappa shape index (κ3) is 2.55. The van der Waals surface area contributed by atoms with Gasteiger partial charge in [-0.2, -0.15) is 0 Å². The number of hydrogen-bond acceptors (Lipinski definition) is 4. The lowest BCUT2D eigenvalue weighted by molar-refractivity contribution is 0.459. The number of aryl methyl sites for hydroxylation is 2. The summed E-state index contributed by atoms with van der Waals surface area (Å²) < 4.78 is 5.50. The Morgan fingerprint density at radius 3 is 2.85 bits per heavy atom. The first-order chi connectivity index (χ1) is 9.63. The summed E-state index contributed by atoms with van der Waals surface area (Å²) in [4.78, 5) is 2.34. The second-order valence-corrected chi connectivity index (χ2v) is 5.78. The highest BCUT2D eigenvalue weighted by molar-refractivity contribution is 5.57. The zero-order valence-electron chi connectivity index (χ0n) is 12.4. The van der Waals surface area contributed by atoms with Gasteiger partial charge in [0, 0.05) is 19.2 Å². The van der Waals surface area contributed by atoms with Crippen LogP contribution in [0.3, 0.4) is 0 Å². The number of hydrogen-bond donors (Lipinski definition) is 0. The monoisotopic (exact) mass is 271 g/mol. The molecule has 0 atom stereocenters. The lowest BCUT2D eigenvalue weighted by atomic mass is 9.95. The van der Waals surface area contributed by atoms with Crippen LogP contribution in [0.15, 0.2) is 22.6 Å². The largest absolute Gasteiger partial charge is 0.424 e. The average Bonchev–Trinajstić information content (AvgIpc) is 2.84. The average molecular weight is 271 g/mol. The molecule has 0 aliphatic carbocycles. The molecule has 0 saturated carbocycles. The highest BCUT2D eigenvalue weighted by atomic mass is 16.4. The van der Waals surface area contributed by atoms with Crippen LogP contribution >= 0.6 is 0 Å². The van der Waals surface area contributed by atoms with Gasteiger partial charge < -0.3 is 9.32 Å². The van der Waals surface area contributed by atoms with Crippen LogP contribution in [0.1, 0.15) is 49.1 Å². The molecule has 0 fully saturated rings. The number of nitrogens with zero attached hydrogens (tertiary/aromatic N) is 3. The number of fused-ring (bicyclic) bond motifs is 1. The van der Waals surface area contributed by atoms with Crippen molar-refractivity contribution in [3.63, 3.8) is 0 Å². The van der Waals surface area contributed by atoms with E-state index in [0.29, 0.717) is 24.2 Å². The van der Waals surface area contributed by atoms with E-state index < -0.39 is 0 Å². The molecule has 0 amide bonds. The van der Waals surface area contributed by atoms with Crippen LogP contribution in [0.4, 0.5) is 5.69 Å². The minimum atomic E-state index is 0.578. The SMILES string of the molecule is Cc1nnc(CN2CCCc3cc(C(C)C)ccc32)o1. The molecule has 1 aliphatic heterocycles. The van der Waals surface area contributed by atoms with E-state index in [1.54, 1.807) is 0 Å². The quantitative estimate of drug-likeness (QED) is 0.857. The van der Waals surface area contributed by atoms with E-state index in [9.17, 15) is 0 Å². The molecule has 0 saturated heterocycles. The fraction of sp³-hybridized carbons (Fsp3) is 0.500. The molecule has 0 radical (unpaired) electrons. The number of benzene rings is 1. The molecule has 0 spiro atoms. The predicted octanol–water partition coefficient (Wildman–Crippen LogP) is 3.45. The molecule has 0 N–H and O–H groups in total. The molecule has 20 heavy (non-hydrogen) atoms. The summed E-state index contributed by atoms with van der Waals surface area (Å²) in [5, 5.41) is 8.00. The second-order valence-electron chi connectivity index (χ2n) is 5.78. The van der Waals surface area contributed by atoms with E-state index in [1.165, 1.54) is 23.2 Å². The van der Waals surface area contributed by atoms with Crippen molar-refractivity contribution in [1.82, 2.24) is 10.2 Å². The Morgan fingerprint density at radius 2 is 2.15 bits per heavy atom. The van der Waals surface area contributed by atoms with Crippen molar-refractivity contribution in [1.29, 1.82) is 0 Å². The summed E-state index contributed by atoms with van der Waals surface area (Å²) in [6.07, 6.45) is 2.34. The van der Waals surface area contributed by atoms with Gasteiger partial charge >= 0.3 is 0 Å². The highest BCUT2D eigenvalue weighted by Crippen LogP contribution is 2.31. The zero-order valence-corrected chi connectivity index (χ0v) is 12.4. The predicted molar refractivity (Wildman–Crippen MR) is 78.9 cm³/mol. The Kier molecular flexibility index (Phi) is 3.47. The maximum Gasteiger partial charge on any atom is 0.235 e. The van der Waals surface area contributed by atoms with Crippen LogP contribution in [0.25, 0.3) is 0 Å². The molecule has 2 aromatic rings. The molecule has 4 heteroatoms. The topological polar surface area (TPSA) is 42.2 Å². The van der Waals surface area contributed by atoms with E-state index in [2.05, 4.69) is 47.1 Å². The van der Waals surface area contributed by atoms with Gasteiger partial charge in [0.15, 0.2) is 0 Å². The lowest BCUT2D eigenvalue weighted by Gasteiger charge is -2.30. The number of rotatable bonds is 3. The zero-order chi connectivity index (χ0) is 14.1. The van der Waals surface area contributed by atoms with Crippen LogP contribution in [0.2, 0.25) is 0 Å². The number of aromatic nitrogens is 2. The molecule has 1 aromatic heterocycles. The summed E-state index contributed by atoms with van der Waals surface area (Å²) >= 11 is 0. The highest BCUT2D eigenvalue weighted by Gasteiger charge is 2.19. The summed E-state index contributed by atoms with van der Waals surface area (Å²) in [6, 6.07) is 6.83. The first kappa shape index (κ1) is 13.2. The van der Waals surface area contributed by atoms with Crippen molar-refractivity contribution in [3.8, 4) is 0 Å². The smallest absolute Gasteiger partial charge is 0.235 e. The Balaban J connectivity index is 1.86. The van der Waals surface area contributed by atoms with Gasteiger partial charge in [-0.1, -0.05) is 26.0 Å². The summed E-state index contributed by atoms with van der Waals surface area (Å²) in [6.45, 7) is 8.06. The fourth-order valence-electron chi connectivity index (χ4n) is 2.78. The van der Waals surface area contributed by atoms with Gasteiger partial charge in [-0.3, -0.25) is 0 Å². The molecular weight excluding hydrogens is 250 g/mol. The molecule has 1 aromatic carbocycles. The third-order valence-corrected chi connectivity index (χ3v) is 3.88. The lowest BCUT2D eigenvalue weighted by Crippen LogP contribution is -2.29. The molecule has 4 nitrogen and oxygen atoms in total. The standard InChI is InChI=1S/C16H21N3O/c1-11(2)13-6-7-15-14(9-13)5-4-8-19(15)10-16-18-17-12(3)20-16/h6-7,9,11H,4-5,8,10H2,1-3H3. The van der Waals surface area contributed by atoms with Gasteiger partial charge in [0.05, 0.1) is 6.54 Å². The Bertz CT molecular complexity index is 604. The molecule has 2 heterocycles. The summed E-state index contributed by atoms with van der Waals surface area (Å²) in [7, 11) is 0. The Hall–Kier alpha value is -1.84. The minimum absolute atomic E-state index is 0.578. The minimum Gasteiger partial charge on any atom is -0.424 e. The molecule has 106 valence electrons. The molecule has 0 bridgehead atoms. The van der Waals surface area contributed by atoms with Gasteiger partial charge in [0.2, 0.25) is 11.8 Å². The summed E-state index contributed by atoms with van der Waals surface area (Å²) in [5.41, 5.74) is 4.18. The van der Waals surface area contributed by atoms with E-state index in [-0.39, 0.29) is 0 Å². The van der Waals surface area contributed by atoms with Crippen molar-refractivity contribution >= 4 is 5.69 Å². The van der Waals surface area contributed by atoms with Crippen molar-refractivity contribution in [2.45, 2.75) is 46.1 Å². The number of anilines is 1. The van der Waals surface area contributed by atoms with Crippen LogP contribution in [-0.2, 0) is 13.0 Å². The van der Waals surface area contributed by atoms with Crippen molar-refractivity contribution < 1.29 is 4.42 Å². The molecular formula is C16H21N3O. The molecule has 3 rings (SSSR count). The van der Waals surface area contributed by atoms with Crippen molar-refractivity contribution in [3.05, 3.63) is 41.1 Å². The van der Waals surface area contributed by atoms with Crippen LogP contribution in [0.5, 0.6) is 0 Å². The van der Waals surface area contributed by atoms with E-state index >= 15 is 0 Å². The van der Waals surface area contributed by atoms with Crippen LogP contribution in [-0.4, -0.2) is 16.7 Å². The first-order valence-corrected chi connectivity index (χ1v) is 7.30. The maximum atomic E-state index is 5.50. The van der Waals surface area contributed by atoms with E-state index in [1.807, 2.05) is 6.92 Å². The van der Waals surface area contributed by atoms with Crippen molar-refractivity contribution in [2.24, 2.45) is 0 Å². The Morgan fingerprint density at radius 1 is 1.30 bits per heavy atom. The normalized spacial score (nSPS) is 14.7.